The summed E-state index contributed by atoms with van der Waals surface area (Å²) in [5.41, 5.74) is 2.01. The lowest BCUT2D eigenvalue weighted by molar-refractivity contribution is -0.119. The summed E-state index contributed by atoms with van der Waals surface area (Å²) >= 11 is 0. The minimum absolute atomic E-state index is 0.0525. The molecule has 1 rings (SSSR count). The van der Waals surface area contributed by atoms with Gasteiger partial charge in [0.1, 0.15) is 0 Å². The average Bonchev–Trinajstić information content (AvgIpc) is 2.40. The van der Waals surface area contributed by atoms with Crippen molar-refractivity contribution < 1.29 is 14.3 Å². The van der Waals surface area contributed by atoms with Gasteiger partial charge in [0, 0.05) is 18.2 Å². The van der Waals surface area contributed by atoms with Gasteiger partial charge >= 0.3 is 5.97 Å². The molecule has 0 fully saturated rings. The normalized spacial score (nSPS) is 11.8. The Morgan fingerprint density at radius 2 is 2.05 bits per heavy atom. The maximum Gasteiger partial charge on any atom is 0.337 e. The van der Waals surface area contributed by atoms with E-state index in [0.29, 0.717) is 17.8 Å². The largest absolute Gasteiger partial charge is 0.465 e. The van der Waals surface area contributed by atoms with E-state index in [2.05, 4.69) is 15.4 Å². The van der Waals surface area contributed by atoms with Gasteiger partial charge < -0.3 is 15.4 Å². The minimum atomic E-state index is -0.385. The van der Waals surface area contributed by atoms with E-state index >= 15 is 0 Å². The number of amides is 1. The van der Waals surface area contributed by atoms with E-state index in [9.17, 15) is 9.59 Å². The molecule has 1 amide bonds. The molecule has 0 heterocycles. The van der Waals surface area contributed by atoms with Crippen LogP contribution in [0.3, 0.4) is 0 Å². The highest BCUT2D eigenvalue weighted by Crippen LogP contribution is 2.17. The number of nitrogens with one attached hydrogen (secondary N) is 2. The molecule has 0 aliphatic heterocycles. The van der Waals surface area contributed by atoms with Crippen LogP contribution in [0.1, 0.15) is 22.8 Å². The molecule has 0 saturated heterocycles. The monoisotopic (exact) mass is 264 g/mol. The van der Waals surface area contributed by atoms with Gasteiger partial charge in [-0.05, 0) is 37.7 Å². The maximum absolute atomic E-state index is 11.9. The number of hydrogen-bond acceptors (Lipinski definition) is 4. The molecule has 0 saturated carbocycles. The Balaban J connectivity index is 2.80. The van der Waals surface area contributed by atoms with E-state index in [-0.39, 0.29) is 17.8 Å². The predicted octanol–water partition coefficient (Wildman–Crippen LogP) is 1.58. The Kier molecular flexibility index (Phi) is 5.51. The van der Waals surface area contributed by atoms with E-state index in [4.69, 9.17) is 0 Å². The highest BCUT2D eigenvalue weighted by molar-refractivity contribution is 5.95. The number of anilines is 1. The number of ether oxygens (including phenoxy) is 1. The van der Waals surface area contributed by atoms with Gasteiger partial charge in [0.05, 0.1) is 12.7 Å². The van der Waals surface area contributed by atoms with E-state index in [1.807, 2.05) is 13.8 Å². The van der Waals surface area contributed by atoms with Gasteiger partial charge in [-0.1, -0.05) is 6.92 Å². The van der Waals surface area contributed by atoms with Gasteiger partial charge in [-0.25, -0.2) is 4.79 Å². The first-order valence-corrected chi connectivity index (χ1v) is 6.14. The third-order valence-corrected chi connectivity index (χ3v) is 2.86. The lowest BCUT2D eigenvalue weighted by atomic mass is 10.1. The van der Waals surface area contributed by atoms with Gasteiger partial charge in [-0.3, -0.25) is 4.79 Å². The van der Waals surface area contributed by atoms with Crippen LogP contribution in [0.5, 0.6) is 0 Å². The average molecular weight is 264 g/mol. The fourth-order valence-corrected chi connectivity index (χ4v) is 1.70. The second kappa shape index (κ2) is 6.89. The van der Waals surface area contributed by atoms with Crippen LogP contribution in [0.2, 0.25) is 0 Å². The van der Waals surface area contributed by atoms with Crippen molar-refractivity contribution >= 4 is 17.6 Å². The Labute approximate surface area is 113 Å². The highest BCUT2D eigenvalue weighted by atomic mass is 16.5. The topological polar surface area (TPSA) is 67.4 Å². The van der Waals surface area contributed by atoms with E-state index in [1.54, 1.807) is 25.2 Å². The SMILES string of the molecule is CNCC(C)C(=O)Nc1ccc(C(=O)OC)cc1C. The van der Waals surface area contributed by atoms with Crippen molar-refractivity contribution in [3.63, 3.8) is 0 Å². The maximum atomic E-state index is 11.9. The molecule has 5 heteroatoms. The molecule has 1 unspecified atom stereocenters. The molecule has 0 bridgehead atoms. The molecule has 1 aromatic carbocycles. The van der Waals surface area contributed by atoms with Crippen LogP contribution < -0.4 is 10.6 Å². The fraction of sp³-hybridized carbons (Fsp3) is 0.429. The van der Waals surface area contributed by atoms with Crippen LogP contribution in [-0.2, 0) is 9.53 Å². The molecule has 104 valence electrons. The molecular weight excluding hydrogens is 244 g/mol. The van der Waals surface area contributed by atoms with Crippen molar-refractivity contribution in [3.05, 3.63) is 29.3 Å². The Hall–Kier alpha value is -1.88. The van der Waals surface area contributed by atoms with Gasteiger partial charge in [-0.15, -0.1) is 0 Å². The van der Waals surface area contributed by atoms with Crippen LogP contribution >= 0.6 is 0 Å². The first-order valence-electron chi connectivity index (χ1n) is 6.14. The van der Waals surface area contributed by atoms with Crippen LogP contribution in [0.25, 0.3) is 0 Å². The molecule has 1 aromatic rings. The molecule has 0 spiro atoms. The first kappa shape index (κ1) is 15.2. The molecule has 0 radical (unpaired) electrons. The van der Waals surface area contributed by atoms with Crippen LogP contribution in [-0.4, -0.2) is 32.6 Å². The summed E-state index contributed by atoms with van der Waals surface area (Å²) in [4.78, 5) is 23.3. The minimum Gasteiger partial charge on any atom is -0.465 e. The summed E-state index contributed by atoms with van der Waals surface area (Å²) in [5, 5.41) is 5.81. The molecule has 19 heavy (non-hydrogen) atoms. The highest BCUT2D eigenvalue weighted by Gasteiger charge is 2.14. The van der Waals surface area contributed by atoms with Gasteiger partial charge in [0.2, 0.25) is 5.91 Å². The summed E-state index contributed by atoms with van der Waals surface area (Å²) in [6, 6.07) is 5.05. The quantitative estimate of drug-likeness (QED) is 0.792. The molecule has 0 aromatic heterocycles. The Morgan fingerprint density at radius 3 is 2.58 bits per heavy atom. The number of hydrogen-bond donors (Lipinski definition) is 2. The van der Waals surface area contributed by atoms with Crippen LogP contribution in [0, 0.1) is 12.8 Å². The zero-order valence-corrected chi connectivity index (χ0v) is 11.7. The number of carbonyl (C=O) groups excluding carboxylic acids is 2. The lowest BCUT2D eigenvalue weighted by Gasteiger charge is -2.13. The van der Waals surface area contributed by atoms with Crippen molar-refractivity contribution in [2.45, 2.75) is 13.8 Å². The number of carbonyl (C=O) groups is 2. The zero-order chi connectivity index (χ0) is 14.4. The van der Waals surface area contributed by atoms with E-state index < -0.39 is 0 Å². The number of aryl methyl sites for hydroxylation is 1. The Morgan fingerprint density at radius 1 is 1.37 bits per heavy atom. The smallest absolute Gasteiger partial charge is 0.337 e. The molecule has 2 N–H and O–H groups in total. The zero-order valence-electron chi connectivity index (χ0n) is 11.7. The third-order valence-electron chi connectivity index (χ3n) is 2.86. The summed E-state index contributed by atoms with van der Waals surface area (Å²) in [6.07, 6.45) is 0. The molecule has 0 aliphatic rings. The van der Waals surface area contributed by atoms with E-state index in [1.165, 1.54) is 7.11 Å². The summed E-state index contributed by atoms with van der Waals surface area (Å²) < 4.78 is 4.65. The second-order valence-corrected chi connectivity index (χ2v) is 4.47. The fourth-order valence-electron chi connectivity index (χ4n) is 1.70. The predicted molar refractivity (Wildman–Crippen MR) is 74.2 cm³/mol. The summed E-state index contributed by atoms with van der Waals surface area (Å²) in [6.45, 7) is 4.31. The standard InChI is InChI=1S/C14H20N2O3/c1-9-7-11(14(18)19-4)5-6-12(9)16-13(17)10(2)8-15-3/h5-7,10,15H,8H2,1-4H3,(H,16,17). The molecule has 5 nitrogen and oxygen atoms in total. The molecular formula is C14H20N2O3. The number of esters is 1. The van der Waals surface area contributed by atoms with Crippen molar-refractivity contribution in [1.29, 1.82) is 0 Å². The van der Waals surface area contributed by atoms with Gasteiger partial charge in [-0.2, -0.15) is 0 Å². The van der Waals surface area contributed by atoms with Crippen molar-refractivity contribution in [3.8, 4) is 0 Å². The molecule has 1 atom stereocenters. The van der Waals surface area contributed by atoms with Crippen molar-refractivity contribution in [2.24, 2.45) is 5.92 Å². The molecule has 0 aliphatic carbocycles. The van der Waals surface area contributed by atoms with E-state index in [0.717, 1.165) is 5.56 Å². The lowest BCUT2D eigenvalue weighted by Crippen LogP contribution is -2.28. The van der Waals surface area contributed by atoms with Gasteiger partial charge in [0.15, 0.2) is 0 Å². The summed E-state index contributed by atoms with van der Waals surface area (Å²) in [5.74, 6) is -0.558. The van der Waals surface area contributed by atoms with Crippen molar-refractivity contribution in [2.75, 3.05) is 26.0 Å². The number of rotatable bonds is 5. The number of methoxy groups -OCH3 is 1. The van der Waals surface area contributed by atoms with Crippen LogP contribution in [0.4, 0.5) is 5.69 Å². The second-order valence-electron chi connectivity index (χ2n) is 4.47. The van der Waals surface area contributed by atoms with Crippen molar-refractivity contribution in [1.82, 2.24) is 5.32 Å². The summed E-state index contributed by atoms with van der Waals surface area (Å²) in [7, 11) is 3.15. The van der Waals surface area contributed by atoms with Gasteiger partial charge in [0.25, 0.3) is 0 Å². The van der Waals surface area contributed by atoms with Crippen LogP contribution in [0.15, 0.2) is 18.2 Å². The first-order chi connectivity index (χ1) is 8.99. The number of benzene rings is 1. The third kappa shape index (κ3) is 4.06. The Bertz CT molecular complexity index is 472.